The molecule has 17 heavy (non-hydrogen) atoms. The standard InChI is InChI=1S/C14H21NO2/c1-4-10-7-11(14(9-15)5-6-14)13(17-3)8-12(10)16-2/h7-8H,4-6,9,15H2,1-3H3. The second-order valence-corrected chi connectivity index (χ2v) is 4.70. The van der Waals surface area contributed by atoms with E-state index in [1.807, 2.05) is 6.07 Å². The van der Waals surface area contributed by atoms with Gasteiger partial charge in [-0.05, 0) is 30.9 Å². The summed E-state index contributed by atoms with van der Waals surface area (Å²) in [6.45, 7) is 2.83. The zero-order valence-corrected chi connectivity index (χ0v) is 10.9. The molecule has 0 spiro atoms. The van der Waals surface area contributed by atoms with Crippen molar-refractivity contribution in [3.8, 4) is 11.5 Å². The summed E-state index contributed by atoms with van der Waals surface area (Å²) in [7, 11) is 3.40. The third kappa shape index (κ3) is 2.00. The third-order valence-corrected chi connectivity index (χ3v) is 3.80. The zero-order chi connectivity index (χ0) is 12.5. The monoisotopic (exact) mass is 235 g/mol. The maximum absolute atomic E-state index is 5.90. The molecule has 0 aliphatic heterocycles. The Hall–Kier alpha value is -1.22. The summed E-state index contributed by atoms with van der Waals surface area (Å²) < 4.78 is 10.9. The van der Waals surface area contributed by atoms with Gasteiger partial charge in [-0.1, -0.05) is 6.92 Å². The van der Waals surface area contributed by atoms with E-state index in [-0.39, 0.29) is 5.41 Å². The van der Waals surface area contributed by atoms with Crippen molar-refractivity contribution < 1.29 is 9.47 Å². The van der Waals surface area contributed by atoms with Crippen LogP contribution in [-0.4, -0.2) is 20.8 Å². The number of hydrogen-bond acceptors (Lipinski definition) is 3. The summed E-state index contributed by atoms with van der Waals surface area (Å²) in [5.41, 5.74) is 8.53. The summed E-state index contributed by atoms with van der Waals surface area (Å²) >= 11 is 0. The zero-order valence-electron chi connectivity index (χ0n) is 10.9. The lowest BCUT2D eigenvalue weighted by atomic mass is 9.92. The Balaban J connectivity index is 2.50. The van der Waals surface area contributed by atoms with Crippen LogP contribution >= 0.6 is 0 Å². The largest absolute Gasteiger partial charge is 0.496 e. The lowest BCUT2D eigenvalue weighted by molar-refractivity contribution is 0.384. The number of methoxy groups -OCH3 is 2. The first kappa shape index (κ1) is 12.2. The molecule has 1 aromatic rings. The summed E-state index contributed by atoms with van der Waals surface area (Å²) in [4.78, 5) is 0. The van der Waals surface area contributed by atoms with Gasteiger partial charge in [0.2, 0.25) is 0 Å². The fourth-order valence-corrected chi connectivity index (χ4v) is 2.39. The third-order valence-electron chi connectivity index (χ3n) is 3.80. The summed E-state index contributed by atoms with van der Waals surface area (Å²) in [6.07, 6.45) is 3.28. The van der Waals surface area contributed by atoms with E-state index in [0.717, 1.165) is 30.8 Å². The number of hydrogen-bond donors (Lipinski definition) is 1. The first-order valence-electron chi connectivity index (χ1n) is 6.16. The van der Waals surface area contributed by atoms with Crippen LogP contribution in [0.15, 0.2) is 12.1 Å². The molecule has 0 bridgehead atoms. The molecule has 2 N–H and O–H groups in total. The van der Waals surface area contributed by atoms with Gasteiger partial charge >= 0.3 is 0 Å². The highest BCUT2D eigenvalue weighted by molar-refractivity contribution is 5.52. The lowest BCUT2D eigenvalue weighted by Crippen LogP contribution is -2.20. The van der Waals surface area contributed by atoms with Crippen LogP contribution in [0.4, 0.5) is 0 Å². The number of ether oxygens (including phenoxy) is 2. The molecule has 0 heterocycles. The Morgan fingerprint density at radius 2 is 1.82 bits per heavy atom. The first-order valence-corrected chi connectivity index (χ1v) is 6.16. The molecule has 0 atom stereocenters. The van der Waals surface area contributed by atoms with Gasteiger partial charge in [0, 0.05) is 23.6 Å². The predicted octanol–water partition coefficient (Wildman–Crippen LogP) is 2.26. The van der Waals surface area contributed by atoms with Crippen molar-refractivity contribution in [2.75, 3.05) is 20.8 Å². The van der Waals surface area contributed by atoms with Crippen molar-refractivity contribution >= 4 is 0 Å². The van der Waals surface area contributed by atoms with Gasteiger partial charge < -0.3 is 15.2 Å². The SMILES string of the molecule is CCc1cc(C2(CN)CC2)c(OC)cc1OC. The smallest absolute Gasteiger partial charge is 0.126 e. The fourth-order valence-electron chi connectivity index (χ4n) is 2.39. The fraction of sp³-hybridized carbons (Fsp3) is 0.571. The van der Waals surface area contributed by atoms with Gasteiger partial charge in [-0.25, -0.2) is 0 Å². The average molecular weight is 235 g/mol. The van der Waals surface area contributed by atoms with Gasteiger partial charge in [0.1, 0.15) is 11.5 Å². The maximum atomic E-state index is 5.90. The van der Waals surface area contributed by atoms with Gasteiger partial charge in [-0.2, -0.15) is 0 Å². The Bertz CT molecular complexity index is 411. The minimum atomic E-state index is 0.154. The quantitative estimate of drug-likeness (QED) is 0.851. The summed E-state index contributed by atoms with van der Waals surface area (Å²) in [5, 5.41) is 0. The molecule has 3 nitrogen and oxygen atoms in total. The van der Waals surface area contributed by atoms with Crippen LogP contribution in [0.25, 0.3) is 0 Å². The maximum Gasteiger partial charge on any atom is 0.126 e. The molecule has 1 aliphatic carbocycles. The van der Waals surface area contributed by atoms with Crippen LogP contribution in [0, 0.1) is 0 Å². The van der Waals surface area contributed by atoms with Crippen molar-refractivity contribution in [3.05, 3.63) is 23.3 Å². The molecule has 0 saturated heterocycles. The van der Waals surface area contributed by atoms with Crippen LogP contribution in [-0.2, 0) is 11.8 Å². The molecule has 2 rings (SSSR count). The van der Waals surface area contributed by atoms with Gasteiger partial charge in [-0.3, -0.25) is 0 Å². The topological polar surface area (TPSA) is 44.5 Å². The molecule has 1 aliphatic rings. The highest BCUT2D eigenvalue weighted by Crippen LogP contribution is 2.51. The van der Waals surface area contributed by atoms with E-state index >= 15 is 0 Å². The van der Waals surface area contributed by atoms with Crippen LogP contribution in [0.1, 0.15) is 30.9 Å². The molecule has 3 heteroatoms. The van der Waals surface area contributed by atoms with Crippen molar-refractivity contribution in [3.63, 3.8) is 0 Å². The number of aryl methyl sites for hydroxylation is 1. The van der Waals surface area contributed by atoms with Crippen molar-refractivity contribution in [2.45, 2.75) is 31.6 Å². The Morgan fingerprint density at radius 1 is 1.18 bits per heavy atom. The van der Waals surface area contributed by atoms with Crippen LogP contribution < -0.4 is 15.2 Å². The molecule has 1 aromatic carbocycles. The molecule has 0 radical (unpaired) electrons. The summed E-state index contributed by atoms with van der Waals surface area (Å²) in [5.74, 6) is 1.81. The summed E-state index contributed by atoms with van der Waals surface area (Å²) in [6, 6.07) is 4.20. The normalized spacial score (nSPS) is 16.7. The average Bonchev–Trinajstić information content (AvgIpc) is 3.18. The first-order chi connectivity index (χ1) is 8.20. The van der Waals surface area contributed by atoms with E-state index in [2.05, 4.69) is 13.0 Å². The van der Waals surface area contributed by atoms with E-state index in [1.54, 1.807) is 14.2 Å². The Morgan fingerprint density at radius 3 is 2.24 bits per heavy atom. The molecular weight excluding hydrogens is 214 g/mol. The lowest BCUT2D eigenvalue weighted by Gasteiger charge is -2.20. The predicted molar refractivity (Wildman–Crippen MR) is 68.9 cm³/mol. The molecule has 1 fully saturated rings. The minimum absolute atomic E-state index is 0.154. The highest BCUT2D eigenvalue weighted by Gasteiger charge is 2.45. The van der Waals surface area contributed by atoms with E-state index < -0.39 is 0 Å². The van der Waals surface area contributed by atoms with E-state index in [9.17, 15) is 0 Å². The molecule has 94 valence electrons. The highest BCUT2D eigenvalue weighted by atomic mass is 16.5. The van der Waals surface area contributed by atoms with Gasteiger partial charge in [0.15, 0.2) is 0 Å². The molecule has 1 saturated carbocycles. The van der Waals surface area contributed by atoms with Gasteiger partial charge in [0.25, 0.3) is 0 Å². The van der Waals surface area contributed by atoms with E-state index in [4.69, 9.17) is 15.2 Å². The van der Waals surface area contributed by atoms with Crippen LogP contribution in [0.2, 0.25) is 0 Å². The molecule has 0 aromatic heterocycles. The van der Waals surface area contributed by atoms with Crippen molar-refractivity contribution in [1.82, 2.24) is 0 Å². The van der Waals surface area contributed by atoms with Crippen LogP contribution in [0.3, 0.4) is 0 Å². The minimum Gasteiger partial charge on any atom is -0.496 e. The molecule has 0 unspecified atom stereocenters. The Labute approximate surface area is 103 Å². The van der Waals surface area contributed by atoms with E-state index in [0.29, 0.717) is 6.54 Å². The molecular formula is C14H21NO2. The van der Waals surface area contributed by atoms with E-state index in [1.165, 1.54) is 11.1 Å². The van der Waals surface area contributed by atoms with Gasteiger partial charge in [-0.15, -0.1) is 0 Å². The second kappa shape index (κ2) is 4.57. The molecule has 0 amide bonds. The second-order valence-electron chi connectivity index (χ2n) is 4.70. The van der Waals surface area contributed by atoms with Crippen molar-refractivity contribution in [1.29, 1.82) is 0 Å². The number of rotatable bonds is 5. The Kier molecular flexibility index (Phi) is 3.29. The number of benzene rings is 1. The van der Waals surface area contributed by atoms with Crippen LogP contribution in [0.5, 0.6) is 11.5 Å². The number of nitrogens with two attached hydrogens (primary N) is 1. The van der Waals surface area contributed by atoms with Gasteiger partial charge in [0.05, 0.1) is 14.2 Å². The van der Waals surface area contributed by atoms with Crippen molar-refractivity contribution in [2.24, 2.45) is 5.73 Å².